The summed E-state index contributed by atoms with van der Waals surface area (Å²) in [6, 6.07) is 11.2. The van der Waals surface area contributed by atoms with Crippen molar-refractivity contribution < 1.29 is 9.53 Å². The molecule has 1 aliphatic rings. The summed E-state index contributed by atoms with van der Waals surface area (Å²) in [5.74, 6) is 2.18. The van der Waals surface area contributed by atoms with E-state index in [-0.39, 0.29) is 5.91 Å². The highest BCUT2D eigenvalue weighted by atomic mass is 16.5. The molecule has 2 heterocycles. The van der Waals surface area contributed by atoms with Crippen molar-refractivity contribution in [3.63, 3.8) is 0 Å². The number of nitrogens with zero attached hydrogens (tertiary/aromatic N) is 4. The molecule has 0 unspecified atom stereocenters. The van der Waals surface area contributed by atoms with Crippen molar-refractivity contribution in [1.82, 2.24) is 14.9 Å². The molecule has 0 spiro atoms. The highest BCUT2D eigenvalue weighted by Gasteiger charge is 2.23. The molecule has 6 nitrogen and oxygen atoms in total. The molecule has 1 amide bonds. The third kappa shape index (κ3) is 3.41. The summed E-state index contributed by atoms with van der Waals surface area (Å²) in [7, 11) is 1.60. The third-order valence-electron chi connectivity index (χ3n) is 3.92. The molecule has 1 aromatic carbocycles. The minimum absolute atomic E-state index is 0.0849. The molecular weight excluding hydrogens is 292 g/mol. The molecule has 1 saturated heterocycles. The number of carbonyl (C=O) groups is 1. The predicted octanol–water partition coefficient (Wildman–Crippen LogP) is 1.76. The Morgan fingerprint density at radius 3 is 2.43 bits per heavy atom. The van der Waals surface area contributed by atoms with Gasteiger partial charge in [-0.25, -0.2) is 4.98 Å². The van der Waals surface area contributed by atoms with E-state index in [0.29, 0.717) is 24.8 Å². The monoisotopic (exact) mass is 312 g/mol. The average Bonchev–Trinajstić information content (AvgIpc) is 2.61. The molecule has 2 aromatic rings. The topological polar surface area (TPSA) is 58.6 Å². The first-order valence-corrected chi connectivity index (χ1v) is 7.66. The summed E-state index contributed by atoms with van der Waals surface area (Å²) >= 11 is 0. The highest BCUT2D eigenvalue weighted by molar-refractivity contribution is 5.94. The quantitative estimate of drug-likeness (QED) is 0.864. The van der Waals surface area contributed by atoms with Gasteiger partial charge in [0, 0.05) is 37.8 Å². The van der Waals surface area contributed by atoms with Crippen LogP contribution in [0.15, 0.2) is 36.4 Å². The lowest BCUT2D eigenvalue weighted by Crippen LogP contribution is -2.49. The van der Waals surface area contributed by atoms with Crippen LogP contribution in [0, 0.1) is 6.92 Å². The van der Waals surface area contributed by atoms with E-state index in [1.165, 1.54) is 0 Å². The van der Waals surface area contributed by atoms with E-state index < -0.39 is 0 Å². The van der Waals surface area contributed by atoms with Crippen LogP contribution in [0.1, 0.15) is 16.2 Å². The Labute approximate surface area is 135 Å². The first-order chi connectivity index (χ1) is 11.2. The van der Waals surface area contributed by atoms with Gasteiger partial charge in [0.1, 0.15) is 11.6 Å². The second-order valence-electron chi connectivity index (χ2n) is 5.46. The van der Waals surface area contributed by atoms with Crippen LogP contribution in [-0.4, -0.2) is 54.1 Å². The number of aryl methyl sites for hydroxylation is 1. The summed E-state index contributed by atoms with van der Waals surface area (Å²) in [6.07, 6.45) is 0. The molecule has 1 fully saturated rings. The van der Waals surface area contributed by atoms with Gasteiger partial charge in [0.15, 0.2) is 0 Å². The lowest BCUT2D eigenvalue weighted by Gasteiger charge is -2.35. The second-order valence-corrected chi connectivity index (χ2v) is 5.46. The standard InChI is InChI=1S/C17H20N4O2/c1-13-18-15(12-16(19-13)23-2)20-8-10-21(11-9-20)17(22)14-6-4-3-5-7-14/h3-7,12H,8-11H2,1-2H3. The number of methoxy groups -OCH3 is 1. The summed E-state index contributed by atoms with van der Waals surface area (Å²) in [4.78, 5) is 25.2. The van der Waals surface area contributed by atoms with Gasteiger partial charge in [0.05, 0.1) is 7.11 Å². The summed E-state index contributed by atoms with van der Waals surface area (Å²) < 4.78 is 5.20. The molecular formula is C17H20N4O2. The molecule has 3 rings (SSSR count). The van der Waals surface area contributed by atoms with E-state index in [9.17, 15) is 4.79 Å². The Bertz CT molecular complexity index is 682. The maximum absolute atomic E-state index is 12.5. The van der Waals surface area contributed by atoms with Crippen LogP contribution in [-0.2, 0) is 0 Å². The molecule has 0 N–H and O–H groups in total. The fourth-order valence-corrected chi connectivity index (χ4v) is 2.69. The second kappa shape index (κ2) is 6.64. The van der Waals surface area contributed by atoms with Crippen LogP contribution in [0.5, 0.6) is 5.88 Å². The number of aromatic nitrogens is 2. The van der Waals surface area contributed by atoms with Crippen molar-refractivity contribution in [2.45, 2.75) is 6.92 Å². The van der Waals surface area contributed by atoms with E-state index in [1.807, 2.05) is 48.2 Å². The van der Waals surface area contributed by atoms with Crippen LogP contribution in [0.4, 0.5) is 5.82 Å². The highest BCUT2D eigenvalue weighted by Crippen LogP contribution is 2.19. The molecule has 0 radical (unpaired) electrons. The number of benzene rings is 1. The van der Waals surface area contributed by atoms with E-state index in [4.69, 9.17) is 4.74 Å². The number of piperazine rings is 1. The van der Waals surface area contributed by atoms with Gasteiger partial charge < -0.3 is 14.5 Å². The predicted molar refractivity (Wildman–Crippen MR) is 87.9 cm³/mol. The molecule has 6 heteroatoms. The Morgan fingerprint density at radius 2 is 1.78 bits per heavy atom. The maximum Gasteiger partial charge on any atom is 0.253 e. The summed E-state index contributed by atoms with van der Waals surface area (Å²) in [6.45, 7) is 4.70. The van der Waals surface area contributed by atoms with Crippen molar-refractivity contribution in [3.8, 4) is 5.88 Å². The molecule has 1 aliphatic heterocycles. The fourth-order valence-electron chi connectivity index (χ4n) is 2.69. The van der Waals surface area contributed by atoms with Crippen LogP contribution in [0.2, 0.25) is 0 Å². The molecule has 1 aromatic heterocycles. The zero-order valence-corrected chi connectivity index (χ0v) is 13.4. The van der Waals surface area contributed by atoms with E-state index in [2.05, 4.69) is 14.9 Å². The minimum Gasteiger partial charge on any atom is -0.481 e. The van der Waals surface area contributed by atoms with E-state index in [1.54, 1.807) is 7.11 Å². The molecule has 0 bridgehead atoms. The van der Waals surface area contributed by atoms with Gasteiger partial charge in [0.2, 0.25) is 5.88 Å². The number of hydrogen-bond acceptors (Lipinski definition) is 5. The number of hydrogen-bond donors (Lipinski definition) is 0. The third-order valence-corrected chi connectivity index (χ3v) is 3.92. The molecule has 0 atom stereocenters. The lowest BCUT2D eigenvalue weighted by molar-refractivity contribution is 0.0746. The molecule has 0 aliphatic carbocycles. The molecule has 0 saturated carbocycles. The van der Waals surface area contributed by atoms with E-state index >= 15 is 0 Å². The Kier molecular flexibility index (Phi) is 4.41. The van der Waals surface area contributed by atoms with Crippen molar-refractivity contribution in [3.05, 3.63) is 47.8 Å². The lowest BCUT2D eigenvalue weighted by atomic mass is 10.2. The number of ether oxygens (including phenoxy) is 1. The fraction of sp³-hybridized carbons (Fsp3) is 0.353. The zero-order valence-electron chi connectivity index (χ0n) is 13.4. The number of amides is 1. The van der Waals surface area contributed by atoms with Gasteiger partial charge in [-0.1, -0.05) is 18.2 Å². The van der Waals surface area contributed by atoms with Gasteiger partial charge in [-0.15, -0.1) is 0 Å². The first kappa shape index (κ1) is 15.3. The molecule has 120 valence electrons. The molecule has 23 heavy (non-hydrogen) atoms. The van der Waals surface area contributed by atoms with Crippen LogP contribution >= 0.6 is 0 Å². The van der Waals surface area contributed by atoms with Gasteiger partial charge in [-0.2, -0.15) is 4.98 Å². The zero-order chi connectivity index (χ0) is 16.2. The van der Waals surface area contributed by atoms with Gasteiger partial charge >= 0.3 is 0 Å². The number of carbonyl (C=O) groups excluding carboxylic acids is 1. The Morgan fingerprint density at radius 1 is 1.09 bits per heavy atom. The van der Waals surface area contributed by atoms with Crippen LogP contribution in [0.3, 0.4) is 0 Å². The SMILES string of the molecule is COc1cc(N2CCN(C(=O)c3ccccc3)CC2)nc(C)n1. The van der Waals surface area contributed by atoms with Crippen LogP contribution < -0.4 is 9.64 Å². The smallest absolute Gasteiger partial charge is 0.253 e. The van der Waals surface area contributed by atoms with Crippen molar-refractivity contribution in [2.24, 2.45) is 0 Å². The van der Waals surface area contributed by atoms with Gasteiger partial charge in [-0.05, 0) is 19.1 Å². The first-order valence-electron chi connectivity index (χ1n) is 7.66. The Hall–Kier alpha value is -2.63. The minimum atomic E-state index is 0.0849. The number of anilines is 1. The van der Waals surface area contributed by atoms with Crippen LogP contribution in [0.25, 0.3) is 0 Å². The van der Waals surface area contributed by atoms with Crippen molar-refractivity contribution in [1.29, 1.82) is 0 Å². The van der Waals surface area contributed by atoms with Gasteiger partial charge in [0.25, 0.3) is 5.91 Å². The van der Waals surface area contributed by atoms with Crippen molar-refractivity contribution >= 4 is 11.7 Å². The summed E-state index contributed by atoms with van der Waals surface area (Å²) in [5, 5.41) is 0. The largest absolute Gasteiger partial charge is 0.481 e. The van der Waals surface area contributed by atoms with Crippen molar-refractivity contribution in [2.75, 3.05) is 38.2 Å². The normalized spacial score (nSPS) is 14.7. The van der Waals surface area contributed by atoms with E-state index in [0.717, 1.165) is 24.5 Å². The average molecular weight is 312 g/mol. The van der Waals surface area contributed by atoms with Gasteiger partial charge in [-0.3, -0.25) is 4.79 Å². The maximum atomic E-state index is 12.5. The summed E-state index contributed by atoms with van der Waals surface area (Å²) in [5.41, 5.74) is 0.737. The Balaban J connectivity index is 1.67. The number of rotatable bonds is 3.